The van der Waals surface area contributed by atoms with Gasteiger partial charge >= 0.3 is 6.09 Å². The van der Waals surface area contributed by atoms with Crippen molar-refractivity contribution >= 4 is 28.7 Å². The van der Waals surface area contributed by atoms with Crippen LogP contribution in [0.4, 0.5) is 10.5 Å². The molecule has 1 aliphatic carbocycles. The number of aliphatic hydroxyl groups excluding tert-OH is 1. The molecule has 0 bridgehead atoms. The molecule has 0 saturated heterocycles. The summed E-state index contributed by atoms with van der Waals surface area (Å²) in [5, 5.41) is 16.8. The standard InChI is InChI=1S/C36H46N4O5/c1-6-37-30-22-32-28(20-24(30)3)34(29-21-25(4)31(38-7-2)23-33(29)45-32)26-14-10-11-15-27(26)35(42)40(5)17-19-44-36(43)39-16-12-8-9-13-18-41/h10-11,14-15,20-23,37,41H,6-9,12-13,16-19H2,1-5H3,(H,39,43)/b38-31-. The Labute approximate surface area is 265 Å². The Balaban J connectivity index is 1.65. The van der Waals surface area contributed by atoms with Gasteiger partial charge in [-0.05, 0) is 75.4 Å². The normalized spacial score (nSPS) is 11.6. The third-order valence-corrected chi connectivity index (χ3v) is 7.87. The SMILES string of the molecule is CC/N=c1/cc2oc3cc(NCC)c(C)cc3c(-c3ccccc3C(=O)N(C)CCOC(=O)NCCCCCCO)c-2cc1C. The Kier molecular flexibility index (Phi) is 12.0. The zero-order valence-corrected chi connectivity index (χ0v) is 27.2. The molecule has 45 heavy (non-hydrogen) atoms. The van der Waals surface area contributed by atoms with E-state index in [0.717, 1.165) is 76.5 Å². The Morgan fingerprint density at radius 2 is 1.76 bits per heavy atom. The van der Waals surface area contributed by atoms with Crippen molar-refractivity contribution in [3.05, 3.63) is 70.6 Å². The molecule has 0 fully saturated rings. The van der Waals surface area contributed by atoms with Crippen molar-refractivity contribution in [3.63, 3.8) is 0 Å². The van der Waals surface area contributed by atoms with Crippen molar-refractivity contribution in [3.8, 4) is 22.5 Å². The largest absolute Gasteiger partial charge is 0.456 e. The van der Waals surface area contributed by atoms with E-state index < -0.39 is 6.09 Å². The molecular formula is C36H46N4O5. The number of likely N-dealkylation sites (N-methyl/N-ethyl adjacent to an activating group) is 1. The van der Waals surface area contributed by atoms with Gasteiger partial charge in [-0.15, -0.1) is 0 Å². The molecule has 240 valence electrons. The minimum atomic E-state index is -0.499. The number of alkyl carbamates (subject to hydrolysis) is 1. The molecule has 0 spiro atoms. The van der Waals surface area contributed by atoms with Crippen LogP contribution in [0.25, 0.3) is 33.4 Å². The molecule has 2 aromatic carbocycles. The van der Waals surface area contributed by atoms with E-state index in [1.807, 2.05) is 50.2 Å². The fourth-order valence-electron chi connectivity index (χ4n) is 5.50. The maximum atomic E-state index is 13.9. The van der Waals surface area contributed by atoms with Crippen molar-refractivity contribution in [2.75, 3.05) is 51.8 Å². The number of ether oxygens (including phenoxy) is 1. The van der Waals surface area contributed by atoms with Crippen LogP contribution in [0.5, 0.6) is 0 Å². The Morgan fingerprint density at radius 3 is 2.51 bits per heavy atom. The second-order valence-electron chi connectivity index (χ2n) is 11.3. The Hall–Kier alpha value is -4.37. The van der Waals surface area contributed by atoms with Crippen LogP contribution >= 0.6 is 0 Å². The van der Waals surface area contributed by atoms with E-state index >= 15 is 0 Å². The number of nitrogens with one attached hydrogen (secondary N) is 2. The van der Waals surface area contributed by atoms with Crippen LogP contribution < -0.4 is 16.0 Å². The molecule has 9 heteroatoms. The first-order chi connectivity index (χ1) is 21.8. The van der Waals surface area contributed by atoms with Crippen LogP contribution in [0.1, 0.15) is 61.0 Å². The lowest BCUT2D eigenvalue weighted by Crippen LogP contribution is -2.33. The lowest BCUT2D eigenvalue weighted by atomic mass is 9.89. The molecule has 1 heterocycles. The van der Waals surface area contributed by atoms with Gasteiger partial charge in [-0.2, -0.15) is 0 Å². The predicted molar refractivity (Wildman–Crippen MR) is 180 cm³/mol. The average Bonchev–Trinajstić information content (AvgIpc) is 3.02. The van der Waals surface area contributed by atoms with Gasteiger partial charge in [-0.3, -0.25) is 9.79 Å². The summed E-state index contributed by atoms with van der Waals surface area (Å²) in [6.07, 6.45) is 2.96. The predicted octanol–water partition coefficient (Wildman–Crippen LogP) is 6.52. The lowest BCUT2D eigenvalue weighted by molar-refractivity contribution is 0.0745. The van der Waals surface area contributed by atoms with Crippen molar-refractivity contribution < 1.29 is 23.8 Å². The molecule has 2 aromatic rings. The number of unbranched alkanes of at least 4 members (excludes halogenated alkanes) is 3. The second kappa shape index (κ2) is 16.1. The summed E-state index contributed by atoms with van der Waals surface area (Å²) >= 11 is 0. The molecule has 9 nitrogen and oxygen atoms in total. The van der Waals surface area contributed by atoms with Crippen molar-refractivity contribution in [2.45, 2.75) is 53.4 Å². The topological polar surface area (TPSA) is 116 Å². The molecular weight excluding hydrogens is 568 g/mol. The van der Waals surface area contributed by atoms with Gasteiger partial charge < -0.3 is 29.8 Å². The molecule has 1 aliphatic heterocycles. The van der Waals surface area contributed by atoms with Gasteiger partial charge in [-0.1, -0.05) is 31.0 Å². The average molecular weight is 615 g/mol. The van der Waals surface area contributed by atoms with Crippen LogP contribution in [0, 0.1) is 13.8 Å². The van der Waals surface area contributed by atoms with Gasteiger partial charge in [-0.25, -0.2) is 4.79 Å². The van der Waals surface area contributed by atoms with Crippen molar-refractivity contribution in [1.82, 2.24) is 10.2 Å². The number of fused-ring (bicyclic) bond motifs is 2. The van der Waals surface area contributed by atoms with E-state index in [9.17, 15) is 9.59 Å². The summed E-state index contributed by atoms with van der Waals surface area (Å²) in [5.74, 6) is 0.529. The first-order valence-corrected chi connectivity index (χ1v) is 15.9. The monoisotopic (exact) mass is 614 g/mol. The fourth-order valence-corrected chi connectivity index (χ4v) is 5.50. The highest BCUT2D eigenvalue weighted by Gasteiger charge is 2.24. The van der Waals surface area contributed by atoms with E-state index in [2.05, 4.69) is 41.6 Å². The number of hydrogen-bond acceptors (Lipinski definition) is 7. The van der Waals surface area contributed by atoms with E-state index in [4.69, 9.17) is 14.3 Å². The van der Waals surface area contributed by atoms with Gasteiger partial charge in [0.1, 0.15) is 18.0 Å². The summed E-state index contributed by atoms with van der Waals surface area (Å²) < 4.78 is 11.8. The Morgan fingerprint density at radius 1 is 0.978 bits per heavy atom. The van der Waals surface area contributed by atoms with Crippen LogP contribution in [0.2, 0.25) is 0 Å². The third kappa shape index (κ3) is 8.22. The van der Waals surface area contributed by atoms with E-state index in [-0.39, 0.29) is 25.7 Å². The minimum absolute atomic E-state index is 0.0755. The minimum Gasteiger partial charge on any atom is -0.456 e. The highest BCUT2D eigenvalue weighted by molar-refractivity contribution is 6.09. The van der Waals surface area contributed by atoms with Gasteiger partial charge in [0, 0.05) is 73.2 Å². The smallest absolute Gasteiger partial charge is 0.407 e. The quantitative estimate of drug-likeness (QED) is 0.110. The summed E-state index contributed by atoms with van der Waals surface area (Å²) in [7, 11) is 1.72. The summed E-state index contributed by atoms with van der Waals surface area (Å²) in [4.78, 5) is 32.3. The molecule has 2 aliphatic rings. The molecule has 0 saturated carbocycles. The third-order valence-electron chi connectivity index (χ3n) is 7.87. The molecule has 2 amide bonds. The highest BCUT2D eigenvalue weighted by Crippen LogP contribution is 2.43. The number of benzene rings is 3. The number of aryl methyl sites for hydroxylation is 2. The zero-order valence-electron chi connectivity index (χ0n) is 27.2. The molecule has 0 aromatic heterocycles. The van der Waals surface area contributed by atoms with Crippen LogP contribution in [0.15, 0.2) is 57.9 Å². The molecule has 0 unspecified atom stereocenters. The number of nitrogens with zero attached hydrogens (tertiary/aromatic N) is 2. The van der Waals surface area contributed by atoms with Gasteiger partial charge in [0.2, 0.25) is 0 Å². The summed E-state index contributed by atoms with van der Waals surface area (Å²) in [6, 6.07) is 15.9. The van der Waals surface area contributed by atoms with E-state index in [1.165, 1.54) is 0 Å². The van der Waals surface area contributed by atoms with E-state index in [0.29, 0.717) is 30.0 Å². The van der Waals surface area contributed by atoms with Crippen molar-refractivity contribution in [2.24, 2.45) is 4.99 Å². The number of carbonyl (C=O) groups is 2. The zero-order chi connectivity index (χ0) is 32.3. The lowest BCUT2D eigenvalue weighted by Gasteiger charge is -2.22. The first kappa shape index (κ1) is 33.5. The number of hydrogen-bond donors (Lipinski definition) is 3. The number of amides is 2. The Bertz CT molecular complexity index is 1660. The summed E-state index contributed by atoms with van der Waals surface area (Å²) in [6.45, 7) is 10.7. The van der Waals surface area contributed by atoms with Gasteiger partial charge in [0.05, 0.1) is 11.9 Å². The second-order valence-corrected chi connectivity index (χ2v) is 11.3. The fraction of sp³-hybridized carbons (Fsp3) is 0.417. The van der Waals surface area contributed by atoms with E-state index in [1.54, 1.807) is 11.9 Å². The van der Waals surface area contributed by atoms with Gasteiger partial charge in [0.25, 0.3) is 5.91 Å². The maximum absolute atomic E-state index is 13.9. The number of aliphatic hydroxyl groups is 1. The van der Waals surface area contributed by atoms with Crippen LogP contribution in [-0.4, -0.2) is 68.4 Å². The summed E-state index contributed by atoms with van der Waals surface area (Å²) in [5.41, 5.74) is 7.01. The van der Waals surface area contributed by atoms with Crippen molar-refractivity contribution in [1.29, 1.82) is 0 Å². The first-order valence-electron chi connectivity index (χ1n) is 15.9. The number of carbonyl (C=O) groups excluding carboxylic acids is 2. The van der Waals surface area contributed by atoms with Crippen LogP contribution in [0.3, 0.4) is 0 Å². The van der Waals surface area contributed by atoms with Crippen LogP contribution in [-0.2, 0) is 4.74 Å². The molecule has 4 rings (SSSR count). The van der Waals surface area contributed by atoms with Gasteiger partial charge in [0.15, 0.2) is 0 Å². The number of anilines is 1. The maximum Gasteiger partial charge on any atom is 0.407 e. The highest BCUT2D eigenvalue weighted by atomic mass is 16.5. The molecule has 3 N–H and O–H groups in total. The number of rotatable bonds is 14. The molecule has 0 atom stereocenters. The molecule has 0 radical (unpaired) electrons.